The van der Waals surface area contributed by atoms with E-state index >= 15 is 0 Å². The van der Waals surface area contributed by atoms with Crippen LogP contribution in [0, 0.1) is 0 Å². The van der Waals surface area contributed by atoms with E-state index in [2.05, 4.69) is 10.5 Å². The third-order valence-corrected chi connectivity index (χ3v) is 4.32. The Morgan fingerprint density at radius 2 is 2.04 bits per heavy atom. The second-order valence-electron chi connectivity index (χ2n) is 5.96. The summed E-state index contributed by atoms with van der Waals surface area (Å²) in [7, 11) is 1.62. The number of ether oxygens (including phenoxy) is 1. The van der Waals surface area contributed by atoms with E-state index in [1.54, 1.807) is 13.3 Å². The van der Waals surface area contributed by atoms with Crippen LogP contribution in [0.3, 0.4) is 0 Å². The summed E-state index contributed by atoms with van der Waals surface area (Å²) in [6, 6.07) is 12.2. The minimum Gasteiger partial charge on any atom is -0.496 e. The van der Waals surface area contributed by atoms with E-state index in [9.17, 15) is 4.79 Å². The van der Waals surface area contributed by atoms with E-state index in [0.717, 1.165) is 34.9 Å². The number of nitrogens with one attached hydrogen (secondary N) is 1. The first-order valence-electron chi connectivity index (χ1n) is 8.28. The molecule has 126 valence electrons. The molecule has 1 aliphatic rings. The van der Waals surface area contributed by atoms with Gasteiger partial charge >= 0.3 is 0 Å². The first-order valence-corrected chi connectivity index (χ1v) is 8.28. The van der Waals surface area contributed by atoms with Crippen molar-refractivity contribution in [2.75, 3.05) is 13.7 Å². The van der Waals surface area contributed by atoms with Crippen LogP contribution in [0.1, 0.15) is 31.2 Å². The van der Waals surface area contributed by atoms with E-state index in [1.807, 2.05) is 36.4 Å². The van der Waals surface area contributed by atoms with Crippen LogP contribution in [0.2, 0.25) is 0 Å². The second-order valence-corrected chi connectivity index (χ2v) is 5.96. The van der Waals surface area contributed by atoms with Gasteiger partial charge in [-0.3, -0.25) is 4.79 Å². The molecule has 0 unspecified atom stereocenters. The molecule has 5 nitrogen and oxygen atoms in total. The van der Waals surface area contributed by atoms with Crippen molar-refractivity contribution in [2.45, 2.75) is 31.7 Å². The summed E-state index contributed by atoms with van der Waals surface area (Å²) in [5.41, 5.74) is 0.840. The number of amides is 1. The van der Waals surface area contributed by atoms with Crippen molar-refractivity contribution in [1.29, 1.82) is 0 Å². The van der Waals surface area contributed by atoms with Gasteiger partial charge in [0.15, 0.2) is 6.61 Å². The predicted octanol–water partition coefficient (Wildman–Crippen LogP) is 3.26. The average Bonchev–Trinajstić information content (AvgIpc) is 3.11. The molecule has 3 rings (SSSR count). The van der Waals surface area contributed by atoms with Gasteiger partial charge < -0.3 is 14.9 Å². The molecule has 2 aromatic carbocycles. The van der Waals surface area contributed by atoms with Gasteiger partial charge in [-0.25, -0.2) is 0 Å². The summed E-state index contributed by atoms with van der Waals surface area (Å²) in [5.74, 6) is 0.598. The van der Waals surface area contributed by atoms with Crippen LogP contribution >= 0.6 is 0 Å². The molecule has 0 atom stereocenters. The summed E-state index contributed by atoms with van der Waals surface area (Å²) in [5, 5.41) is 9.04. The molecule has 0 spiro atoms. The Kier molecular flexibility index (Phi) is 5.31. The topological polar surface area (TPSA) is 59.9 Å². The number of hydrogen-bond acceptors (Lipinski definition) is 4. The zero-order chi connectivity index (χ0) is 16.8. The molecule has 5 heteroatoms. The lowest BCUT2D eigenvalue weighted by molar-refractivity contribution is -0.126. The second kappa shape index (κ2) is 7.81. The number of hydrogen-bond donors (Lipinski definition) is 1. The van der Waals surface area contributed by atoms with E-state index in [0.29, 0.717) is 6.04 Å². The number of methoxy groups -OCH3 is 1. The van der Waals surface area contributed by atoms with Crippen LogP contribution in [0.15, 0.2) is 41.6 Å². The van der Waals surface area contributed by atoms with Crippen molar-refractivity contribution in [2.24, 2.45) is 5.16 Å². The smallest absolute Gasteiger partial charge is 0.260 e. The van der Waals surface area contributed by atoms with Crippen LogP contribution in [0.5, 0.6) is 5.75 Å². The number of benzene rings is 2. The van der Waals surface area contributed by atoms with Crippen molar-refractivity contribution < 1.29 is 14.4 Å². The van der Waals surface area contributed by atoms with Crippen molar-refractivity contribution in [3.8, 4) is 5.75 Å². The summed E-state index contributed by atoms with van der Waals surface area (Å²) < 4.78 is 5.39. The quantitative estimate of drug-likeness (QED) is 0.655. The third kappa shape index (κ3) is 3.85. The van der Waals surface area contributed by atoms with Gasteiger partial charge in [0.1, 0.15) is 5.75 Å². The Morgan fingerprint density at radius 3 is 2.83 bits per heavy atom. The zero-order valence-electron chi connectivity index (χ0n) is 13.8. The van der Waals surface area contributed by atoms with Crippen LogP contribution < -0.4 is 10.1 Å². The first kappa shape index (κ1) is 16.3. The highest BCUT2D eigenvalue weighted by Crippen LogP contribution is 2.26. The van der Waals surface area contributed by atoms with Gasteiger partial charge in [-0.2, -0.15) is 0 Å². The number of nitrogens with zero attached hydrogens (tertiary/aromatic N) is 1. The predicted molar refractivity (Wildman–Crippen MR) is 94.4 cm³/mol. The van der Waals surface area contributed by atoms with E-state index < -0.39 is 0 Å². The number of carbonyl (C=O) groups is 1. The first-order chi connectivity index (χ1) is 11.8. The maximum absolute atomic E-state index is 11.8. The van der Waals surface area contributed by atoms with E-state index in [4.69, 9.17) is 9.57 Å². The van der Waals surface area contributed by atoms with Crippen molar-refractivity contribution in [3.05, 3.63) is 42.0 Å². The molecule has 1 N–H and O–H groups in total. The largest absolute Gasteiger partial charge is 0.496 e. The summed E-state index contributed by atoms with van der Waals surface area (Å²) >= 11 is 0. The van der Waals surface area contributed by atoms with Gasteiger partial charge in [-0.05, 0) is 29.7 Å². The maximum Gasteiger partial charge on any atom is 0.260 e. The van der Waals surface area contributed by atoms with Gasteiger partial charge in [-0.15, -0.1) is 0 Å². The molecular weight excluding hydrogens is 304 g/mol. The van der Waals surface area contributed by atoms with Crippen molar-refractivity contribution >= 4 is 22.9 Å². The molecule has 1 amide bonds. The Hall–Kier alpha value is -2.56. The molecule has 1 aliphatic carbocycles. The van der Waals surface area contributed by atoms with Gasteiger partial charge in [0.25, 0.3) is 5.91 Å². The van der Waals surface area contributed by atoms with Crippen LogP contribution in [-0.4, -0.2) is 31.9 Å². The summed E-state index contributed by atoms with van der Waals surface area (Å²) in [6.07, 6.45) is 6.09. The fraction of sp³-hybridized carbons (Fsp3) is 0.368. The van der Waals surface area contributed by atoms with Gasteiger partial charge in [0.05, 0.1) is 13.3 Å². The Balaban J connectivity index is 1.63. The number of rotatable bonds is 6. The standard InChI is InChI=1S/C19H22N2O3/c1-23-18-11-10-14-6-2-5-9-16(14)17(18)12-20-24-13-19(22)21-15-7-3-4-8-15/h2,5-6,9-12,15H,3-4,7-8,13H2,1H3,(H,21,22)/b20-12+. The minimum atomic E-state index is -0.121. The minimum absolute atomic E-state index is 0.0694. The molecule has 0 saturated heterocycles. The van der Waals surface area contributed by atoms with Crippen LogP contribution in [-0.2, 0) is 9.63 Å². The fourth-order valence-corrected chi connectivity index (χ4v) is 3.11. The zero-order valence-corrected chi connectivity index (χ0v) is 13.8. The number of carbonyl (C=O) groups excluding carboxylic acids is 1. The van der Waals surface area contributed by atoms with Crippen molar-refractivity contribution in [1.82, 2.24) is 5.32 Å². The number of oxime groups is 1. The van der Waals surface area contributed by atoms with E-state index in [-0.39, 0.29) is 12.5 Å². The molecule has 0 bridgehead atoms. The lowest BCUT2D eigenvalue weighted by Crippen LogP contribution is -2.34. The highest BCUT2D eigenvalue weighted by Gasteiger charge is 2.17. The molecule has 1 saturated carbocycles. The normalized spacial score (nSPS) is 15.0. The van der Waals surface area contributed by atoms with Gasteiger partial charge in [0, 0.05) is 11.6 Å². The molecule has 0 aliphatic heterocycles. The molecule has 2 aromatic rings. The Bertz CT molecular complexity index is 736. The highest BCUT2D eigenvalue weighted by molar-refractivity contribution is 6.02. The molecule has 0 aromatic heterocycles. The van der Waals surface area contributed by atoms with E-state index in [1.165, 1.54) is 12.8 Å². The molecule has 1 fully saturated rings. The van der Waals surface area contributed by atoms with Crippen LogP contribution in [0.4, 0.5) is 0 Å². The Labute approximate surface area is 141 Å². The molecule has 24 heavy (non-hydrogen) atoms. The monoisotopic (exact) mass is 326 g/mol. The fourth-order valence-electron chi connectivity index (χ4n) is 3.11. The summed E-state index contributed by atoms with van der Waals surface area (Å²) in [6.45, 7) is -0.0694. The van der Waals surface area contributed by atoms with Crippen LogP contribution in [0.25, 0.3) is 10.8 Å². The van der Waals surface area contributed by atoms with Gasteiger partial charge in [0.2, 0.25) is 0 Å². The van der Waals surface area contributed by atoms with Gasteiger partial charge in [-0.1, -0.05) is 48.3 Å². The number of fused-ring (bicyclic) bond motifs is 1. The lowest BCUT2D eigenvalue weighted by Gasteiger charge is -2.11. The molecule has 0 heterocycles. The molecule has 0 radical (unpaired) electrons. The SMILES string of the molecule is COc1ccc2ccccc2c1/C=N/OCC(=O)NC1CCCC1. The summed E-state index contributed by atoms with van der Waals surface area (Å²) in [4.78, 5) is 17.0. The lowest BCUT2D eigenvalue weighted by atomic mass is 10.0. The third-order valence-electron chi connectivity index (χ3n) is 4.32. The van der Waals surface area contributed by atoms with Crippen molar-refractivity contribution in [3.63, 3.8) is 0 Å². The molecular formula is C19H22N2O3. The average molecular weight is 326 g/mol. The maximum atomic E-state index is 11.8. The highest BCUT2D eigenvalue weighted by atomic mass is 16.6. The Morgan fingerprint density at radius 1 is 1.25 bits per heavy atom.